The average molecular weight is 288 g/mol. The van der Waals surface area contributed by atoms with E-state index in [1.165, 1.54) is 56.8 Å². The zero-order valence-corrected chi connectivity index (χ0v) is 14.4. The maximum absolute atomic E-state index is 2.61. The van der Waals surface area contributed by atoms with E-state index in [1.807, 2.05) is 0 Å². The third-order valence-electron chi connectivity index (χ3n) is 4.21. The van der Waals surface area contributed by atoms with E-state index in [0.29, 0.717) is 5.41 Å². The number of hydrogen-bond acceptors (Lipinski definition) is 2. The molecule has 0 spiro atoms. The second-order valence-corrected chi connectivity index (χ2v) is 7.59. The summed E-state index contributed by atoms with van der Waals surface area (Å²) in [6.45, 7) is 15.2. The lowest BCUT2D eigenvalue weighted by Gasteiger charge is -2.36. The van der Waals surface area contributed by atoms with Gasteiger partial charge >= 0.3 is 0 Å². The van der Waals surface area contributed by atoms with Crippen molar-refractivity contribution in [2.45, 2.75) is 47.0 Å². The van der Waals surface area contributed by atoms with Crippen LogP contribution in [-0.2, 0) is 6.42 Å². The Labute approximate surface area is 131 Å². The van der Waals surface area contributed by atoms with Crippen molar-refractivity contribution in [1.29, 1.82) is 0 Å². The highest BCUT2D eigenvalue weighted by Gasteiger charge is 2.17. The van der Waals surface area contributed by atoms with Gasteiger partial charge in [0, 0.05) is 31.9 Å². The highest BCUT2D eigenvalue weighted by molar-refractivity contribution is 5.49. The first-order valence-electron chi connectivity index (χ1n) is 8.54. The van der Waals surface area contributed by atoms with Crippen molar-refractivity contribution in [1.82, 2.24) is 4.90 Å². The van der Waals surface area contributed by atoms with Gasteiger partial charge in [-0.25, -0.2) is 0 Å². The topological polar surface area (TPSA) is 6.48 Å². The molecular formula is C19H32N2. The molecule has 0 unspecified atom stereocenters. The summed E-state index contributed by atoms with van der Waals surface area (Å²) < 4.78 is 0. The van der Waals surface area contributed by atoms with E-state index < -0.39 is 0 Å². The lowest BCUT2D eigenvalue weighted by atomic mass is 9.88. The molecule has 1 aromatic rings. The molecule has 0 aromatic heterocycles. The Kier molecular flexibility index (Phi) is 5.69. The summed E-state index contributed by atoms with van der Waals surface area (Å²) >= 11 is 0. The first-order chi connectivity index (χ1) is 9.98. The molecule has 2 nitrogen and oxygen atoms in total. The molecule has 0 amide bonds. The van der Waals surface area contributed by atoms with E-state index in [4.69, 9.17) is 0 Å². The summed E-state index contributed by atoms with van der Waals surface area (Å²) in [5, 5.41) is 0. The predicted octanol–water partition coefficient (Wildman–Crippen LogP) is 4.20. The van der Waals surface area contributed by atoms with Gasteiger partial charge < -0.3 is 4.90 Å². The molecule has 118 valence electrons. The molecule has 0 atom stereocenters. The van der Waals surface area contributed by atoms with E-state index >= 15 is 0 Å². The van der Waals surface area contributed by atoms with Crippen LogP contribution in [0.5, 0.6) is 0 Å². The van der Waals surface area contributed by atoms with Gasteiger partial charge in [-0.3, -0.25) is 4.90 Å². The summed E-state index contributed by atoms with van der Waals surface area (Å²) in [6.07, 6.45) is 3.79. The second kappa shape index (κ2) is 7.31. The van der Waals surface area contributed by atoms with Crippen LogP contribution in [0.3, 0.4) is 0 Å². The van der Waals surface area contributed by atoms with Crippen LogP contribution in [0, 0.1) is 5.41 Å². The molecule has 0 radical (unpaired) electrons. The van der Waals surface area contributed by atoms with Gasteiger partial charge in [-0.05, 0) is 42.5 Å². The molecule has 0 saturated carbocycles. The van der Waals surface area contributed by atoms with Gasteiger partial charge in [-0.2, -0.15) is 0 Å². The van der Waals surface area contributed by atoms with Crippen LogP contribution in [0.25, 0.3) is 0 Å². The molecule has 2 rings (SSSR count). The Morgan fingerprint density at radius 3 is 2.38 bits per heavy atom. The zero-order valence-electron chi connectivity index (χ0n) is 14.4. The van der Waals surface area contributed by atoms with Gasteiger partial charge in [0.2, 0.25) is 0 Å². The van der Waals surface area contributed by atoms with Crippen molar-refractivity contribution in [3.8, 4) is 0 Å². The van der Waals surface area contributed by atoms with Crippen molar-refractivity contribution >= 4 is 5.69 Å². The molecule has 1 saturated heterocycles. The molecule has 1 heterocycles. The Morgan fingerprint density at radius 1 is 1.05 bits per heavy atom. The van der Waals surface area contributed by atoms with E-state index in [9.17, 15) is 0 Å². The number of benzene rings is 1. The van der Waals surface area contributed by atoms with E-state index in [1.54, 1.807) is 0 Å². The second-order valence-electron chi connectivity index (χ2n) is 7.59. The third-order valence-corrected chi connectivity index (χ3v) is 4.21. The number of nitrogens with zero attached hydrogens (tertiary/aromatic N) is 2. The summed E-state index contributed by atoms with van der Waals surface area (Å²) in [4.78, 5) is 5.16. The number of rotatable bonds is 5. The smallest absolute Gasteiger partial charge is 0.0369 e. The lowest BCUT2D eigenvalue weighted by molar-refractivity contribution is 0.254. The van der Waals surface area contributed by atoms with Crippen LogP contribution in [0.2, 0.25) is 0 Å². The first kappa shape index (κ1) is 16.4. The predicted molar refractivity (Wildman–Crippen MR) is 93.2 cm³/mol. The van der Waals surface area contributed by atoms with Gasteiger partial charge in [0.15, 0.2) is 0 Å². The Bertz CT molecular complexity index is 425. The largest absolute Gasteiger partial charge is 0.369 e. The van der Waals surface area contributed by atoms with E-state index in [2.05, 4.69) is 61.8 Å². The summed E-state index contributed by atoms with van der Waals surface area (Å²) in [7, 11) is 0. The van der Waals surface area contributed by atoms with Crippen LogP contribution < -0.4 is 4.90 Å². The van der Waals surface area contributed by atoms with Gasteiger partial charge in [-0.15, -0.1) is 0 Å². The van der Waals surface area contributed by atoms with Gasteiger partial charge in [0.05, 0.1) is 0 Å². The Hall–Kier alpha value is -1.02. The summed E-state index contributed by atoms with van der Waals surface area (Å²) in [6, 6.07) is 9.16. The molecule has 1 fully saturated rings. The fourth-order valence-electron chi connectivity index (χ4n) is 3.09. The molecule has 1 aliphatic rings. The molecule has 0 aliphatic carbocycles. The third kappa shape index (κ3) is 5.35. The minimum atomic E-state index is 0.359. The first-order valence-corrected chi connectivity index (χ1v) is 8.54. The monoisotopic (exact) mass is 288 g/mol. The number of piperazine rings is 1. The summed E-state index contributed by atoms with van der Waals surface area (Å²) in [5.41, 5.74) is 3.23. The van der Waals surface area contributed by atoms with Crippen LogP contribution in [0.1, 0.15) is 46.1 Å². The molecule has 0 N–H and O–H groups in total. The number of anilines is 1. The van der Waals surface area contributed by atoms with Crippen LogP contribution in [0.4, 0.5) is 5.69 Å². The Morgan fingerprint density at radius 2 is 1.76 bits per heavy atom. The molecule has 2 heteroatoms. The molecule has 0 bridgehead atoms. The van der Waals surface area contributed by atoms with Crippen molar-refractivity contribution in [2.24, 2.45) is 5.41 Å². The fraction of sp³-hybridized carbons (Fsp3) is 0.684. The molecule has 1 aliphatic heterocycles. The van der Waals surface area contributed by atoms with Crippen molar-refractivity contribution in [3.05, 3.63) is 29.8 Å². The Balaban J connectivity index is 1.92. The van der Waals surface area contributed by atoms with Crippen molar-refractivity contribution < 1.29 is 0 Å². The van der Waals surface area contributed by atoms with E-state index in [-0.39, 0.29) is 0 Å². The SMILES string of the molecule is CCCCN1CCN(c2cccc(CC(C)(C)C)c2)CC1. The normalized spacial score (nSPS) is 17.2. The van der Waals surface area contributed by atoms with Gasteiger partial charge in [0.25, 0.3) is 0 Å². The minimum Gasteiger partial charge on any atom is -0.369 e. The van der Waals surface area contributed by atoms with Gasteiger partial charge in [0.1, 0.15) is 0 Å². The number of hydrogen-bond donors (Lipinski definition) is 0. The zero-order chi connectivity index (χ0) is 15.3. The van der Waals surface area contributed by atoms with Crippen LogP contribution in [-0.4, -0.2) is 37.6 Å². The van der Waals surface area contributed by atoms with Crippen molar-refractivity contribution in [3.63, 3.8) is 0 Å². The molecular weight excluding hydrogens is 256 g/mol. The fourth-order valence-corrected chi connectivity index (χ4v) is 3.09. The number of unbranched alkanes of at least 4 members (excludes halogenated alkanes) is 1. The standard InChI is InChI=1S/C19H32N2/c1-5-6-10-20-11-13-21(14-12-20)18-9-7-8-17(15-18)16-19(2,3)4/h7-9,15H,5-6,10-14,16H2,1-4H3. The van der Waals surface area contributed by atoms with Gasteiger partial charge in [-0.1, -0.05) is 46.2 Å². The highest BCUT2D eigenvalue weighted by atomic mass is 15.3. The lowest BCUT2D eigenvalue weighted by Crippen LogP contribution is -2.46. The van der Waals surface area contributed by atoms with E-state index in [0.717, 1.165) is 6.42 Å². The van der Waals surface area contributed by atoms with Crippen LogP contribution >= 0.6 is 0 Å². The average Bonchev–Trinajstić information content (AvgIpc) is 2.44. The highest BCUT2D eigenvalue weighted by Crippen LogP contribution is 2.24. The quantitative estimate of drug-likeness (QED) is 0.801. The minimum absolute atomic E-state index is 0.359. The van der Waals surface area contributed by atoms with Crippen molar-refractivity contribution in [2.75, 3.05) is 37.6 Å². The maximum Gasteiger partial charge on any atom is 0.0369 e. The molecule has 1 aromatic carbocycles. The molecule has 21 heavy (non-hydrogen) atoms. The summed E-state index contributed by atoms with van der Waals surface area (Å²) in [5.74, 6) is 0. The maximum atomic E-state index is 2.61. The van der Waals surface area contributed by atoms with Crippen LogP contribution in [0.15, 0.2) is 24.3 Å².